The molecule has 196 valence electrons. The van der Waals surface area contributed by atoms with Gasteiger partial charge in [-0.2, -0.15) is 0 Å². The smallest absolute Gasteiger partial charge is 0.220 e. The van der Waals surface area contributed by atoms with Gasteiger partial charge in [0.2, 0.25) is 5.91 Å². The van der Waals surface area contributed by atoms with Gasteiger partial charge in [-0.25, -0.2) is 4.98 Å². The first-order valence-electron chi connectivity index (χ1n) is 13.2. The topological polar surface area (TPSA) is 94.5 Å². The number of benzene rings is 2. The van der Waals surface area contributed by atoms with Gasteiger partial charge in [-0.1, -0.05) is 74.5 Å². The molecule has 0 saturated heterocycles. The number of hydrogen-bond donors (Lipinski definition) is 4. The lowest BCUT2D eigenvalue weighted by atomic mass is 9.47. The molecule has 1 saturated carbocycles. The van der Waals surface area contributed by atoms with Crippen LogP contribution < -0.4 is 10.6 Å². The van der Waals surface area contributed by atoms with Gasteiger partial charge in [0.15, 0.2) is 5.13 Å². The van der Waals surface area contributed by atoms with Crippen molar-refractivity contribution in [1.29, 1.82) is 0 Å². The minimum Gasteiger partial charge on any atom is -0.396 e. The Morgan fingerprint density at radius 3 is 2.35 bits per heavy atom. The van der Waals surface area contributed by atoms with E-state index in [4.69, 9.17) is 4.98 Å². The quantitative estimate of drug-likeness (QED) is 0.340. The largest absolute Gasteiger partial charge is 0.396 e. The van der Waals surface area contributed by atoms with Crippen LogP contribution in [0, 0.1) is 16.7 Å². The van der Waals surface area contributed by atoms with Gasteiger partial charge in [-0.15, -0.1) is 11.3 Å². The average molecular weight is 520 g/mol. The number of fused-ring (bicyclic) bond motifs is 2. The Balaban J connectivity index is 1.43. The number of aromatic nitrogens is 1. The first kappa shape index (κ1) is 25.9. The summed E-state index contributed by atoms with van der Waals surface area (Å²) in [5, 5.41) is 28.9. The molecular weight excluding hydrogens is 482 g/mol. The van der Waals surface area contributed by atoms with E-state index in [2.05, 4.69) is 29.7 Å². The number of rotatable bonds is 8. The number of hydrogen-bond acceptors (Lipinski definition) is 6. The third-order valence-electron chi connectivity index (χ3n) is 8.90. The number of thiazole rings is 1. The molecule has 5 atom stereocenters. The second kappa shape index (κ2) is 10.6. The summed E-state index contributed by atoms with van der Waals surface area (Å²) >= 11 is 1.65. The number of carbonyl (C=O) groups excluding carboxylic acids is 1. The second-order valence-electron chi connectivity index (χ2n) is 11.2. The maximum Gasteiger partial charge on any atom is 0.220 e. The minimum atomic E-state index is -0.620. The van der Waals surface area contributed by atoms with Gasteiger partial charge in [0.05, 0.1) is 18.4 Å². The molecular formula is C30H37N3O3S. The van der Waals surface area contributed by atoms with E-state index in [0.29, 0.717) is 25.9 Å². The van der Waals surface area contributed by atoms with Gasteiger partial charge in [0.25, 0.3) is 0 Å². The second-order valence-corrected chi connectivity index (χ2v) is 12.3. The maximum absolute atomic E-state index is 13.3. The summed E-state index contributed by atoms with van der Waals surface area (Å²) in [6, 6.07) is 20.2. The highest BCUT2D eigenvalue weighted by atomic mass is 32.1. The number of anilines is 1. The molecule has 4 N–H and O–H groups in total. The Morgan fingerprint density at radius 1 is 1.05 bits per heavy atom. The normalized spacial score (nSPS) is 28.7. The van der Waals surface area contributed by atoms with Crippen LogP contribution in [0.25, 0.3) is 0 Å². The summed E-state index contributed by atoms with van der Waals surface area (Å²) in [5.41, 5.74) is 2.39. The lowest BCUT2D eigenvalue weighted by Gasteiger charge is -2.58. The molecule has 0 bridgehead atoms. The van der Waals surface area contributed by atoms with Crippen LogP contribution >= 0.6 is 11.3 Å². The van der Waals surface area contributed by atoms with Gasteiger partial charge in [-0.05, 0) is 41.7 Å². The SMILES string of the molecule is CC1(CO)C(O)CCC2(C)C(CC(=O)NCc3ccccc3)c3nc(NCc4ccccc4)sc3CC12. The predicted molar refractivity (Wildman–Crippen MR) is 147 cm³/mol. The first-order chi connectivity index (χ1) is 17.8. The molecule has 0 aliphatic heterocycles. The van der Waals surface area contributed by atoms with Gasteiger partial charge in [-0.3, -0.25) is 4.79 Å². The molecule has 2 aromatic carbocycles. The fraction of sp³-hybridized carbons (Fsp3) is 0.467. The predicted octanol–water partition coefficient (Wildman–Crippen LogP) is 4.88. The molecule has 3 aromatic rings. The maximum atomic E-state index is 13.3. The zero-order chi connectivity index (χ0) is 26.0. The average Bonchev–Trinajstić information content (AvgIpc) is 3.34. The summed E-state index contributed by atoms with van der Waals surface area (Å²) in [6.45, 7) is 5.35. The Hall–Kier alpha value is -2.74. The van der Waals surface area contributed by atoms with E-state index in [9.17, 15) is 15.0 Å². The number of carbonyl (C=O) groups is 1. The fourth-order valence-corrected chi connectivity index (χ4v) is 7.61. The highest BCUT2D eigenvalue weighted by molar-refractivity contribution is 7.15. The van der Waals surface area contributed by atoms with Crippen molar-refractivity contribution in [3.63, 3.8) is 0 Å². The molecule has 2 aliphatic rings. The first-order valence-corrected chi connectivity index (χ1v) is 14.0. The summed E-state index contributed by atoms with van der Waals surface area (Å²) in [7, 11) is 0. The van der Waals surface area contributed by atoms with E-state index in [1.807, 2.05) is 55.5 Å². The van der Waals surface area contributed by atoms with Gasteiger partial charge < -0.3 is 20.8 Å². The van der Waals surface area contributed by atoms with Crippen LogP contribution in [0.2, 0.25) is 0 Å². The van der Waals surface area contributed by atoms with E-state index in [0.717, 1.165) is 34.1 Å². The van der Waals surface area contributed by atoms with Crippen LogP contribution in [0.1, 0.15) is 60.7 Å². The van der Waals surface area contributed by atoms with Crippen LogP contribution in [0.15, 0.2) is 60.7 Å². The van der Waals surface area contributed by atoms with Crippen molar-refractivity contribution < 1.29 is 15.0 Å². The molecule has 7 heteroatoms. The Labute approximate surface area is 223 Å². The summed E-state index contributed by atoms with van der Waals surface area (Å²) in [6.07, 6.45) is 1.95. The lowest BCUT2D eigenvalue weighted by Crippen LogP contribution is -2.57. The minimum absolute atomic E-state index is 0.00490. The molecule has 5 unspecified atom stereocenters. The molecule has 1 amide bonds. The third-order valence-corrected chi connectivity index (χ3v) is 9.95. The van der Waals surface area contributed by atoms with Crippen molar-refractivity contribution in [3.8, 4) is 0 Å². The van der Waals surface area contributed by atoms with Crippen molar-refractivity contribution in [3.05, 3.63) is 82.4 Å². The van der Waals surface area contributed by atoms with E-state index in [1.165, 1.54) is 5.56 Å². The molecule has 1 fully saturated rings. The van der Waals surface area contributed by atoms with E-state index >= 15 is 0 Å². The number of aliphatic hydroxyl groups excluding tert-OH is 2. The van der Waals surface area contributed by atoms with Crippen molar-refractivity contribution in [2.45, 2.75) is 64.6 Å². The van der Waals surface area contributed by atoms with Crippen molar-refractivity contribution >= 4 is 22.4 Å². The number of nitrogens with zero attached hydrogens (tertiary/aromatic N) is 1. The van der Waals surface area contributed by atoms with Crippen molar-refractivity contribution in [2.24, 2.45) is 16.7 Å². The molecule has 6 nitrogen and oxygen atoms in total. The van der Waals surface area contributed by atoms with Crippen LogP contribution in [0.5, 0.6) is 0 Å². The van der Waals surface area contributed by atoms with Crippen LogP contribution in [0.3, 0.4) is 0 Å². The monoisotopic (exact) mass is 519 g/mol. The zero-order valence-corrected chi connectivity index (χ0v) is 22.4. The molecule has 2 aliphatic carbocycles. The van der Waals surface area contributed by atoms with Crippen molar-refractivity contribution in [1.82, 2.24) is 10.3 Å². The van der Waals surface area contributed by atoms with E-state index in [-0.39, 0.29) is 29.8 Å². The molecule has 5 rings (SSSR count). The van der Waals surface area contributed by atoms with Crippen molar-refractivity contribution in [2.75, 3.05) is 11.9 Å². The Bertz CT molecular complexity index is 1220. The van der Waals surface area contributed by atoms with Gasteiger partial charge in [0.1, 0.15) is 0 Å². The molecule has 0 spiro atoms. The molecule has 1 aromatic heterocycles. The van der Waals surface area contributed by atoms with Gasteiger partial charge >= 0.3 is 0 Å². The van der Waals surface area contributed by atoms with Crippen LogP contribution in [-0.4, -0.2) is 33.8 Å². The summed E-state index contributed by atoms with van der Waals surface area (Å²) < 4.78 is 0. The Kier molecular flexibility index (Phi) is 7.39. The Morgan fingerprint density at radius 2 is 1.70 bits per heavy atom. The highest BCUT2D eigenvalue weighted by Crippen LogP contribution is 2.62. The summed E-state index contributed by atoms with van der Waals surface area (Å²) in [5.74, 6) is -0.0279. The zero-order valence-electron chi connectivity index (χ0n) is 21.6. The molecule has 1 heterocycles. The van der Waals surface area contributed by atoms with E-state index in [1.54, 1.807) is 11.3 Å². The third kappa shape index (κ3) is 5.05. The lowest BCUT2D eigenvalue weighted by molar-refractivity contribution is -0.144. The molecule has 0 radical (unpaired) electrons. The highest BCUT2D eigenvalue weighted by Gasteiger charge is 2.59. The summed E-state index contributed by atoms with van der Waals surface area (Å²) in [4.78, 5) is 19.5. The van der Waals surface area contributed by atoms with Gasteiger partial charge in [0, 0.05) is 35.7 Å². The molecule has 37 heavy (non-hydrogen) atoms. The fourth-order valence-electron chi connectivity index (χ4n) is 6.55. The number of aliphatic hydroxyl groups is 2. The standard InChI is InChI=1S/C30H37N3O3S/c1-29-14-13-25(35)30(2,19-34)24(29)16-23-27(33-28(37-23)32-18-21-11-7-4-8-12-21)22(29)15-26(36)31-17-20-9-5-3-6-10-20/h3-12,22,24-25,34-35H,13-19H2,1-2H3,(H,31,36)(H,32,33). The van der Waals surface area contributed by atoms with Crippen LogP contribution in [-0.2, 0) is 24.3 Å². The number of nitrogens with one attached hydrogen (secondary N) is 2. The number of amides is 1. The van der Waals surface area contributed by atoms with Crippen LogP contribution in [0.4, 0.5) is 5.13 Å². The van der Waals surface area contributed by atoms with E-state index < -0.39 is 11.5 Å².